The van der Waals surface area contributed by atoms with Crippen LogP contribution in [0.2, 0.25) is 5.02 Å². The maximum absolute atomic E-state index is 12.4. The molecular formula is C25H22ClN3O6. The number of benzene rings is 3. The van der Waals surface area contributed by atoms with Crippen LogP contribution < -0.4 is 25.0 Å². The number of esters is 1. The van der Waals surface area contributed by atoms with Gasteiger partial charge in [0.1, 0.15) is 5.75 Å². The summed E-state index contributed by atoms with van der Waals surface area (Å²) in [6.07, 6.45) is 1.31. The predicted octanol–water partition coefficient (Wildman–Crippen LogP) is 3.97. The monoisotopic (exact) mass is 495 g/mol. The van der Waals surface area contributed by atoms with Gasteiger partial charge in [0.05, 0.1) is 26.0 Å². The molecule has 0 aliphatic rings. The second kappa shape index (κ2) is 11.7. The van der Waals surface area contributed by atoms with E-state index in [4.69, 9.17) is 25.8 Å². The maximum Gasteiger partial charge on any atom is 0.343 e. The number of amides is 2. The van der Waals surface area contributed by atoms with Crippen LogP contribution in [0.25, 0.3) is 0 Å². The molecule has 2 N–H and O–H groups in total. The van der Waals surface area contributed by atoms with Gasteiger partial charge in [0.2, 0.25) is 0 Å². The summed E-state index contributed by atoms with van der Waals surface area (Å²) in [5, 5.41) is 6.73. The molecule has 3 aromatic rings. The number of hydrogen-bond acceptors (Lipinski definition) is 7. The van der Waals surface area contributed by atoms with Crippen LogP contribution >= 0.6 is 11.6 Å². The molecule has 0 aromatic heterocycles. The van der Waals surface area contributed by atoms with Crippen molar-refractivity contribution in [1.29, 1.82) is 0 Å². The minimum absolute atomic E-state index is 0.200. The van der Waals surface area contributed by atoms with Crippen molar-refractivity contribution in [2.45, 2.75) is 6.92 Å². The van der Waals surface area contributed by atoms with Crippen molar-refractivity contribution in [3.05, 3.63) is 82.4 Å². The number of carbonyl (C=O) groups excluding carboxylic acids is 3. The SMILES string of the molecule is COc1ccc(C(=O)Oc2ccc(C=NNC(=O)C(=O)Nc3cccc(Cl)c3C)cc2OC)cc1. The smallest absolute Gasteiger partial charge is 0.343 e. The third-order valence-corrected chi connectivity index (χ3v) is 5.23. The second-order valence-corrected chi connectivity index (χ2v) is 7.50. The molecule has 0 saturated carbocycles. The van der Waals surface area contributed by atoms with Gasteiger partial charge in [-0.25, -0.2) is 10.2 Å². The first kappa shape index (κ1) is 25.3. The van der Waals surface area contributed by atoms with Crippen molar-refractivity contribution in [1.82, 2.24) is 5.43 Å². The van der Waals surface area contributed by atoms with Crippen molar-refractivity contribution < 1.29 is 28.6 Å². The van der Waals surface area contributed by atoms with Crippen LogP contribution in [0, 0.1) is 6.92 Å². The van der Waals surface area contributed by atoms with Crippen molar-refractivity contribution in [3.63, 3.8) is 0 Å². The fraction of sp³-hybridized carbons (Fsp3) is 0.120. The zero-order valence-corrected chi connectivity index (χ0v) is 19.9. The minimum Gasteiger partial charge on any atom is -0.497 e. The fourth-order valence-corrected chi connectivity index (χ4v) is 3.05. The molecular weight excluding hydrogens is 474 g/mol. The van der Waals surface area contributed by atoms with Gasteiger partial charge in [-0.05, 0) is 72.6 Å². The van der Waals surface area contributed by atoms with Crippen LogP contribution in [-0.2, 0) is 9.59 Å². The quantitative estimate of drug-likeness (QED) is 0.168. The largest absolute Gasteiger partial charge is 0.497 e. The topological polar surface area (TPSA) is 115 Å². The molecule has 0 spiro atoms. The van der Waals surface area contributed by atoms with E-state index < -0.39 is 17.8 Å². The van der Waals surface area contributed by atoms with Gasteiger partial charge in [-0.15, -0.1) is 0 Å². The van der Waals surface area contributed by atoms with E-state index in [0.29, 0.717) is 33.1 Å². The highest BCUT2D eigenvalue weighted by Gasteiger charge is 2.15. The van der Waals surface area contributed by atoms with Gasteiger partial charge in [0.25, 0.3) is 0 Å². The molecule has 0 aliphatic heterocycles. The van der Waals surface area contributed by atoms with Gasteiger partial charge in [-0.3, -0.25) is 9.59 Å². The van der Waals surface area contributed by atoms with Crippen LogP contribution in [0.1, 0.15) is 21.5 Å². The standard InChI is InChI=1S/C25H22ClN3O6/c1-15-19(26)5-4-6-20(15)28-23(30)24(31)29-27-14-16-7-12-21(22(13-16)34-3)35-25(32)17-8-10-18(33-2)11-9-17/h4-14H,1-3H3,(H,28,30)(H,29,31). The molecule has 180 valence electrons. The van der Waals surface area contributed by atoms with Crippen LogP contribution in [-0.4, -0.2) is 38.2 Å². The van der Waals surface area contributed by atoms with Gasteiger partial charge in [0, 0.05) is 10.7 Å². The third-order valence-electron chi connectivity index (χ3n) is 4.82. The van der Waals surface area contributed by atoms with Gasteiger partial charge >= 0.3 is 17.8 Å². The summed E-state index contributed by atoms with van der Waals surface area (Å²) >= 11 is 6.02. The van der Waals surface area contributed by atoms with E-state index in [0.717, 1.165) is 0 Å². The Labute approximate surface area is 206 Å². The molecule has 10 heteroatoms. The van der Waals surface area contributed by atoms with Crippen LogP contribution in [0.4, 0.5) is 5.69 Å². The van der Waals surface area contributed by atoms with Crippen LogP contribution in [0.3, 0.4) is 0 Å². The molecule has 9 nitrogen and oxygen atoms in total. The lowest BCUT2D eigenvalue weighted by Gasteiger charge is -2.10. The van der Waals surface area contributed by atoms with Gasteiger partial charge in [-0.2, -0.15) is 5.10 Å². The highest BCUT2D eigenvalue weighted by Crippen LogP contribution is 2.28. The van der Waals surface area contributed by atoms with E-state index in [1.807, 2.05) is 0 Å². The number of ether oxygens (including phenoxy) is 3. The Morgan fingerprint density at radius 3 is 2.34 bits per heavy atom. The van der Waals surface area contributed by atoms with Crippen molar-refractivity contribution in [3.8, 4) is 17.2 Å². The lowest BCUT2D eigenvalue weighted by atomic mass is 10.2. The molecule has 0 atom stereocenters. The Hall–Kier alpha value is -4.37. The van der Waals surface area contributed by atoms with E-state index >= 15 is 0 Å². The first-order valence-corrected chi connectivity index (χ1v) is 10.6. The number of hydrogen-bond donors (Lipinski definition) is 2. The summed E-state index contributed by atoms with van der Waals surface area (Å²) in [5.41, 5.74) is 4.08. The summed E-state index contributed by atoms with van der Waals surface area (Å²) in [5.74, 6) is -1.34. The summed E-state index contributed by atoms with van der Waals surface area (Å²) in [7, 11) is 2.95. The summed E-state index contributed by atoms with van der Waals surface area (Å²) in [4.78, 5) is 36.6. The number of nitrogens with one attached hydrogen (secondary N) is 2. The number of methoxy groups -OCH3 is 2. The zero-order chi connectivity index (χ0) is 25.4. The Bertz CT molecular complexity index is 1270. The molecule has 0 heterocycles. The average Bonchev–Trinajstić information content (AvgIpc) is 2.87. The zero-order valence-electron chi connectivity index (χ0n) is 19.1. The Balaban J connectivity index is 1.61. The molecule has 0 aliphatic carbocycles. The van der Waals surface area contributed by atoms with E-state index in [9.17, 15) is 14.4 Å². The van der Waals surface area contributed by atoms with Gasteiger partial charge < -0.3 is 19.5 Å². The number of nitrogens with zero attached hydrogens (tertiary/aromatic N) is 1. The Kier molecular flexibility index (Phi) is 8.42. The Morgan fingerprint density at radius 2 is 1.66 bits per heavy atom. The Morgan fingerprint density at radius 1 is 0.914 bits per heavy atom. The highest BCUT2D eigenvalue weighted by atomic mass is 35.5. The number of hydrazone groups is 1. The van der Waals surface area contributed by atoms with Crippen molar-refractivity contribution >= 4 is 41.3 Å². The van der Waals surface area contributed by atoms with Crippen molar-refractivity contribution in [2.75, 3.05) is 19.5 Å². The molecule has 2 amide bonds. The predicted molar refractivity (Wildman–Crippen MR) is 132 cm³/mol. The van der Waals surface area contributed by atoms with Gasteiger partial charge in [0.15, 0.2) is 11.5 Å². The highest BCUT2D eigenvalue weighted by molar-refractivity contribution is 6.40. The number of halogens is 1. The third kappa shape index (κ3) is 6.58. The molecule has 3 rings (SSSR count). The number of carbonyl (C=O) groups is 3. The summed E-state index contributed by atoms with van der Waals surface area (Å²) in [6.45, 7) is 1.72. The average molecular weight is 496 g/mol. The fourth-order valence-electron chi connectivity index (χ4n) is 2.87. The second-order valence-electron chi connectivity index (χ2n) is 7.09. The summed E-state index contributed by atoms with van der Waals surface area (Å²) in [6, 6.07) is 16.1. The molecule has 3 aromatic carbocycles. The van der Waals surface area contributed by atoms with E-state index in [1.165, 1.54) is 26.5 Å². The van der Waals surface area contributed by atoms with Crippen molar-refractivity contribution in [2.24, 2.45) is 5.10 Å². The number of rotatable bonds is 7. The molecule has 0 bridgehead atoms. The molecule has 35 heavy (non-hydrogen) atoms. The first-order valence-electron chi connectivity index (χ1n) is 10.3. The van der Waals surface area contributed by atoms with Crippen LogP contribution in [0.5, 0.6) is 17.2 Å². The maximum atomic E-state index is 12.4. The van der Waals surface area contributed by atoms with Gasteiger partial charge in [-0.1, -0.05) is 17.7 Å². The minimum atomic E-state index is -0.961. The normalized spacial score (nSPS) is 10.5. The number of anilines is 1. The molecule has 0 saturated heterocycles. The first-order chi connectivity index (χ1) is 16.8. The summed E-state index contributed by atoms with van der Waals surface area (Å²) < 4.78 is 15.8. The van der Waals surface area contributed by atoms with E-state index in [1.54, 1.807) is 61.5 Å². The molecule has 0 unspecified atom stereocenters. The lowest BCUT2D eigenvalue weighted by Crippen LogP contribution is -2.32. The van der Waals surface area contributed by atoms with E-state index in [-0.39, 0.29) is 11.5 Å². The molecule has 0 radical (unpaired) electrons. The van der Waals surface area contributed by atoms with Crippen LogP contribution in [0.15, 0.2) is 65.8 Å². The molecule has 0 fully saturated rings. The van der Waals surface area contributed by atoms with E-state index in [2.05, 4.69) is 15.8 Å². The lowest BCUT2D eigenvalue weighted by molar-refractivity contribution is -0.136.